The van der Waals surface area contributed by atoms with Crippen molar-refractivity contribution in [1.29, 1.82) is 0 Å². The molecule has 92 valence electrons. The predicted octanol–water partition coefficient (Wildman–Crippen LogP) is 3.89. The number of carbonyl (C=O) groups excluding carboxylic acids is 1. The monoisotopic (exact) mass is 328 g/mol. The molecule has 6 heteroatoms. The fourth-order valence-electron chi connectivity index (χ4n) is 1.30. The third-order valence-corrected chi connectivity index (χ3v) is 3.36. The molecule has 3 nitrogen and oxygen atoms in total. The van der Waals surface area contributed by atoms with Gasteiger partial charge in [-0.2, -0.15) is 4.39 Å². The first-order valence-electron chi connectivity index (χ1n) is 4.95. The minimum atomic E-state index is -0.698. The molecule has 0 saturated carbocycles. The van der Waals surface area contributed by atoms with E-state index in [9.17, 15) is 9.18 Å². The molecule has 1 aromatic carbocycles. The highest BCUT2D eigenvalue weighted by atomic mass is 79.9. The minimum absolute atomic E-state index is 0.00837. The molecule has 1 aromatic heterocycles. The van der Waals surface area contributed by atoms with E-state index in [0.717, 1.165) is 4.47 Å². The molecule has 0 radical (unpaired) electrons. The summed E-state index contributed by atoms with van der Waals surface area (Å²) >= 11 is 9.14. The summed E-state index contributed by atoms with van der Waals surface area (Å²) in [5.74, 6) is -1.19. The smallest absolute Gasteiger partial charge is 0.274 e. The van der Waals surface area contributed by atoms with Crippen LogP contribution in [0.5, 0.6) is 0 Å². The van der Waals surface area contributed by atoms with Crippen LogP contribution in [-0.2, 0) is 0 Å². The van der Waals surface area contributed by atoms with E-state index in [1.165, 1.54) is 18.2 Å². The SMILES string of the molecule is O=C(Nc1ccc(Br)c(Cl)c1)c1cccc(F)n1. The van der Waals surface area contributed by atoms with Crippen LogP contribution in [0.3, 0.4) is 0 Å². The van der Waals surface area contributed by atoms with Gasteiger partial charge in [0.1, 0.15) is 5.69 Å². The van der Waals surface area contributed by atoms with Gasteiger partial charge in [-0.25, -0.2) is 4.98 Å². The van der Waals surface area contributed by atoms with E-state index in [0.29, 0.717) is 10.7 Å². The Kier molecular flexibility index (Phi) is 3.93. The number of anilines is 1. The number of pyridine rings is 1. The highest BCUT2D eigenvalue weighted by molar-refractivity contribution is 9.10. The Morgan fingerprint density at radius 1 is 1.33 bits per heavy atom. The minimum Gasteiger partial charge on any atom is -0.321 e. The predicted molar refractivity (Wildman–Crippen MR) is 71.3 cm³/mol. The standard InChI is InChI=1S/C12H7BrClFN2O/c13-8-5-4-7(6-9(8)14)16-12(18)10-2-1-3-11(15)17-10/h1-6H,(H,16,18). The van der Waals surface area contributed by atoms with E-state index in [-0.39, 0.29) is 5.69 Å². The number of aromatic nitrogens is 1. The first kappa shape index (κ1) is 13.0. The molecule has 0 fully saturated rings. The maximum Gasteiger partial charge on any atom is 0.274 e. The van der Waals surface area contributed by atoms with Crippen molar-refractivity contribution in [3.63, 3.8) is 0 Å². The summed E-state index contributed by atoms with van der Waals surface area (Å²) in [6.45, 7) is 0. The van der Waals surface area contributed by atoms with Crippen molar-refractivity contribution in [3.8, 4) is 0 Å². The Morgan fingerprint density at radius 3 is 2.78 bits per heavy atom. The number of nitrogens with one attached hydrogen (secondary N) is 1. The fourth-order valence-corrected chi connectivity index (χ4v) is 1.73. The lowest BCUT2D eigenvalue weighted by Gasteiger charge is -2.05. The van der Waals surface area contributed by atoms with E-state index >= 15 is 0 Å². The van der Waals surface area contributed by atoms with Gasteiger partial charge in [0.15, 0.2) is 0 Å². The quantitative estimate of drug-likeness (QED) is 0.849. The average molecular weight is 330 g/mol. The molecule has 1 heterocycles. The van der Waals surface area contributed by atoms with Crippen LogP contribution in [0.4, 0.5) is 10.1 Å². The number of hydrogen-bond donors (Lipinski definition) is 1. The Hall–Kier alpha value is -1.46. The molecule has 0 spiro atoms. The Labute approximate surface area is 116 Å². The number of amides is 1. The number of benzene rings is 1. The number of nitrogens with zero attached hydrogens (tertiary/aromatic N) is 1. The van der Waals surface area contributed by atoms with Gasteiger partial charge in [-0.05, 0) is 46.3 Å². The molecule has 0 aliphatic heterocycles. The number of rotatable bonds is 2. The van der Waals surface area contributed by atoms with Crippen molar-refractivity contribution < 1.29 is 9.18 Å². The van der Waals surface area contributed by atoms with Gasteiger partial charge in [0.2, 0.25) is 5.95 Å². The van der Waals surface area contributed by atoms with Gasteiger partial charge in [0.05, 0.1) is 5.02 Å². The zero-order chi connectivity index (χ0) is 13.1. The molecular formula is C12H7BrClFN2O. The number of hydrogen-bond acceptors (Lipinski definition) is 2. The van der Waals surface area contributed by atoms with Crippen LogP contribution in [-0.4, -0.2) is 10.9 Å². The van der Waals surface area contributed by atoms with Crippen molar-refractivity contribution in [2.24, 2.45) is 0 Å². The van der Waals surface area contributed by atoms with Gasteiger partial charge >= 0.3 is 0 Å². The van der Waals surface area contributed by atoms with E-state index in [1.807, 2.05) is 0 Å². The van der Waals surface area contributed by atoms with Gasteiger partial charge in [-0.1, -0.05) is 17.7 Å². The van der Waals surface area contributed by atoms with Crippen LogP contribution in [0, 0.1) is 5.95 Å². The third-order valence-electron chi connectivity index (χ3n) is 2.13. The van der Waals surface area contributed by atoms with Gasteiger partial charge < -0.3 is 5.32 Å². The Balaban J connectivity index is 2.18. The van der Waals surface area contributed by atoms with E-state index in [2.05, 4.69) is 26.2 Å². The number of halogens is 3. The summed E-state index contributed by atoms with van der Waals surface area (Å²) < 4.78 is 13.6. The lowest BCUT2D eigenvalue weighted by atomic mass is 10.3. The summed E-state index contributed by atoms with van der Waals surface area (Å²) in [5, 5.41) is 3.05. The summed E-state index contributed by atoms with van der Waals surface area (Å²) in [5.41, 5.74) is 0.522. The van der Waals surface area contributed by atoms with Crippen LogP contribution in [0.2, 0.25) is 5.02 Å². The van der Waals surface area contributed by atoms with Gasteiger partial charge in [-0.15, -0.1) is 0 Å². The summed E-state index contributed by atoms with van der Waals surface area (Å²) in [4.78, 5) is 15.3. The van der Waals surface area contributed by atoms with Crippen molar-refractivity contribution in [1.82, 2.24) is 4.98 Å². The summed E-state index contributed by atoms with van der Waals surface area (Å²) in [6.07, 6.45) is 0. The van der Waals surface area contributed by atoms with Crippen LogP contribution in [0.1, 0.15) is 10.5 Å². The normalized spacial score (nSPS) is 10.2. The molecule has 1 N–H and O–H groups in total. The molecule has 1 amide bonds. The van der Waals surface area contributed by atoms with Crippen LogP contribution in [0.25, 0.3) is 0 Å². The molecular weight excluding hydrogens is 322 g/mol. The maximum atomic E-state index is 12.9. The van der Waals surface area contributed by atoms with E-state index in [1.54, 1.807) is 18.2 Å². The van der Waals surface area contributed by atoms with E-state index < -0.39 is 11.9 Å². The van der Waals surface area contributed by atoms with Crippen LogP contribution >= 0.6 is 27.5 Å². The maximum absolute atomic E-state index is 12.9. The molecule has 2 rings (SSSR count). The van der Waals surface area contributed by atoms with Gasteiger partial charge in [-0.3, -0.25) is 4.79 Å². The van der Waals surface area contributed by atoms with Crippen LogP contribution in [0.15, 0.2) is 40.9 Å². The van der Waals surface area contributed by atoms with Crippen molar-refractivity contribution in [3.05, 3.63) is 57.5 Å². The van der Waals surface area contributed by atoms with Gasteiger partial charge in [0.25, 0.3) is 5.91 Å². The summed E-state index contributed by atoms with van der Waals surface area (Å²) in [7, 11) is 0. The molecule has 0 unspecified atom stereocenters. The average Bonchev–Trinajstić information content (AvgIpc) is 2.34. The second-order valence-corrected chi connectivity index (χ2v) is 4.69. The molecule has 0 atom stereocenters. The molecule has 0 aliphatic rings. The highest BCUT2D eigenvalue weighted by Gasteiger charge is 2.09. The number of carbonyl (C=O) groups is 1. The zero-order valence-corrected chi connectivity index (χ0v) is 11.3. The third kappa shape index (κ3) is 3.05. The Morgan fingerprint density at radius 2 is 2.11 bits per heavy atom. The largest absolute Gasteiger partial charge is 0.321 e. The lowest BCUT2D eigenvalue weighted by molar-refractivity contribution is 0.102. The first-order chi connectivity index (χ1) is 8.56. The second kappa shape index (κ2) is 5.46. The Bertz CT molecular complexity index is 606. The molecule has 2 aromatic rings. The lowest BCUT2D eigenvalue weighted by Crippen LogP contribution is -2.14. The fraction of sp³-hybridized carbons (Fsp3) is 0. The highest BCUT2D eigenvalue weighted by Crippen LogP contribution is 2.25. The first-order valence-corrected chi connectivity index (χ1v) is 6.12. The topological polar surface area (TPSA) is 42.0 Å². The van der Waals surface area contributed by atoms with Crippen molar-refractivity contribution in [2.75, 3.05) is 5.32 Å². The second-order valence-electron chi connectivity index (χ2n) is 3.43. The molecule has 0 aliphatic carbocycles. The molecule has 0 bridgehead atoms. The summed E-state index contributed by atoms with van der Waals surface area (Å²) in [6, 6.07) is 8.99. The van der Waals surface area contributed by atoms with E-state index in [4.69, 9.17) is 11.6 Å². The zero-order valence-electron chi connectivity index (χ0n) is 8.95. The molecule has 18 heavy (non-hydrogen) atoms. The molecule has 0 saturated heterocycles. The van der Waals surface area contributed by atoms with Crippen molar-refractivity contribution >= 4 is 39.1 Å². The van der Waals surface area contributed by atoms with Crippen molar-refractivity contribution in [2.45, 2.75) is 0 Å². The van der Waals surface area contributed by atoms with Gasteiger partial charge in [0, 0.05) is 10.2 Å². The van der Waals surface area contributed by atoms with Crippen LogP contribution < -0.4 is 5.32 Å².